The van der Waals surface area contributed by atoms with E-state index in [9.17, 15) is 0 Å². The summed E-state index contributed by atoms with van der Waals surface area (Å²) in [5, 5.41) is 7.73. The Morgan fingerprint density at radius 3 is 2.71 bits per heavy atom. The van der Waals surface area contributed by atoms with Crippen LogP contribution in [0.3, 0.4) is 0 Å². The number of fused-ring (bicyclic) bond motifs is 1. The van der Waals surface area contributed by atoms with Gasteiger partial charge in [0.2, 0.25) is 5.88 Å². The standard InChI is InChI=1S/C15H17N5O/c1-11-5-14-17-9-13(10-20(14)19-11)7-16-6-12-3-4-15(21-2)18-8-12/h3-5,8-10,16H,6-7H2,1-2H3. The summed E-state index contributed by atoms with van der Waals surface area (Å²) >= 11 is 0. The van der Waals surface area contributed by atoms with E-state index in [1.807, 2.05) is 43.7 Å². The summed E-state index contributed by atoms with van der Waals surface area (Å²) in [7, 11) is 1.61. The van der Waals surface area contributed by atoms with Gasteiger partial charge in [0.05, 0.1) is 12.8 Å². The molecule has 0 aliphatic rings. The highest BCUT2D eigenvalue weighted by Gasteiger charge is 2.01. The first kappa shape index (κ1) is 13.5. The van der Waals surface area contributed by atoms with Crippen molar-refractivity contribution in [1.82, 2.24) is 24.9 Å². The van der Waals surface area contributed by atoms with Gasteiger partial charge in [0.15, 0.2) is 5.65 Å². The summed E-state index contributed by atoms with van der Waals surface area (Å²) in [6.45, 7) is 3.43. The lowest BCUT2D eigenvalue weighted by molar-refractivity contribution is 0.397. The number of pyridine rings is 1. The van der Waals surface area contributed by atoms with Crippen molar-refractivity contribution >= 4 is 5.65 Å². The van der Waals surface area contributed by atoms with Crippen LogP contribution >= 0.6 is 0 Å². The average molecular weight is 283 g/mol. The Kier molecular flexibility index (Phi) is 3.79. The van der Waals surface area contributed by atoms with E-state index in [1.165, 1.54) is 0 Å². The predicted octanol–water partition coefficient (Wildman–Crippen LogP) is 1.73. The fraction of sp³-hybridized carbons (Fsp3) is 0.267. The fourth-order valence-electron chi connectivity index (χ4n) is 2.11. The lowest BCUT2D eigenvalue weighted by atomic mass is 10.2. The first-order chi connectivity index (χ1) is 10.2. The van der Waals surface area contributed by atoms with Crippen LogP contribution in [0.15, 0.2) is 36.8 Å². The lowest BCUT2D eigenvalue weighted by Crippen LogP contribution is -2.13. The van der Waals surface area contributed by atoms with E-state index in [0.29, 0.717) is 5.88 Å². The highest BCUT2D eigenvalue weighted by atomic mass is 16.5. The van der Waals surface area contributed by atoms with Crippen molar-refractivity contribution in [3.8, 4) is 5.88 Å². The van der Waals surface area contributed by atoms with E-state index >= 15 is 0 Å². The van der Waals surface area contributed by atoms with Gasteiger partial charge in [-0.1, -0.05) is 6.07 Å². The van der Waals surface area contributed by atoms with Crippen molar-refractivity contribution < 1.29 is 4.74 Å². The van der Waals surface area contributed by atoms with Gasteiger partial charge in [0, 0.05) is 49.4 Å². The van der Waals surface area contributed by atoms with Crippen LogP contribution in [-0.2, 0) is 13.1 Å². The third-order valence-corrected chi connectivity index (χ3v) is 3.15. The van der Waals surface area contributed by atoms with Gasteiger partial charge in [0.25, 0.3) is 0 Å². The Labute approximate surface area is 122 Å². The number of rotatable bonds is 5. The number of methoxy groups -OCH3 is 1. The van der Waals surface area contributed by atoms with Gasteiger partial charge in [-0.2, -0.15) is 5.10 Å². The summed E-state index contributed by atoms with van der Waals surface area (Å²) in [6, 6.07) is 5.81. The molecule has 0 fully saturated rings. The molecule has 0 radical (unpaired) electrons. The molecule has 0 aliphatic carbocycles. The van der Waals surface area contributed by atoms with E-state index in [4.69, 9.17) is 4.74 Å². The highest BCUT2D eigenvalue weighted by Crippen LogP contribution is 2.07. The Hall–Kier alpha value is -2.47. The molecule has 21 heavy (non-hydrogen) atoms. The number of nitrogens with zero attached hydrogens (tertiary/aromatic N) is 4. The molecule has 0 spiro atoms. The Balaban J connectivity index is 1.60. The second-order valence-electron chi connectivity index (χ2n) is 4.86. The first-order valence-electron chi connectivity index (χ1n) is 6.75. The minimum absolute atomic E-state index is 0.627. The number of hydrogen-bond donors (Lipinski definition) is 1. The van der Waals surface area contributed by atoms with E-state index in [2.05, 4.69) is 20.4 Å². The zero-order chi connectivity index (χ0) is 14.7. The fourth-order valence-corrected chi connectivity index (χ4v) is 2.11. The Bertz CT molecular complexity index is 735. The molecule has 6 heteroatoms. The summed E-state index contributed by atoms with van der Waals surface area (Å²) in [5.74, 6) is 0.627. The van der Waals surface area contributed by atoms with Crippen LogP contribution in [0.4, 0.5) is 0 Å². The predicted molar refractivity (Wildman–Crippen MR) is 79.1 cm³/mol. The molecular formula is C15H17N5O. The monoisotopic (exact) mass is 283 g/mol. The molecule has 3 aromatic heterocycles. The van der Waals surface area contributed by atoms with Crippen LogP contribution in [-0.4, -0.2) is 26.7 Å². The molecule has 0 saturated heterocycles. The molecule has 108 valence electrons. The van der Waals surface area contributed by atoms with E-state index in [-0.39, 0.29) is 0 Å². The van der Waals surface area contributed by atoms with Gasteiger partial charge in [-0.25, -0.2) is 14.5 Å². The van der Waals surface area contributed by atoms with Gasteiger partial charge in [-0.05, 0) is 12.5 Å². The molecule has 3 aromatic rings. The lowest BCUT2D eigenvalue weighted by Gasteiger charge is -2.06. The van der Waals surface area contributed by atoms with Crippen LogP contribution in [0, 0.1) is 6.92 Å². The van der Waals surface area contributed by atoms with Crippen molar-refractivity contribution in [2.45, 2.75) is 20.0 Å². The maximum Gasteiger partial charge on any atom is 0.212 e. The average Bonchev–Trinajstić information content (AvgIpc) is 2.87. The topological polar surface area (TPSA) is 64.3 Å². The first-order valence-corrected chi connectivity index (χ1v) is 6.75. The van der Waals surface area contributed by atoms with Gasteiger partial charge in [-0.15, -0.1) is 0 Å². The van der Waals surface area contributed by atoms with Gasteiger partial charge in [-0.3, -0.25) is 0 Å². The number of aryl methyl sites for hydroxylation is 1. The van der Waals surface area contributed by atoms with Crippen LogP contribution in [0.2, 0.25) is 0 Å². The molecule has 1 N–H and O–H groups in total. The van der Waals surface area contributed by atoms with Crippen LogP contribution in [0.1, 0.15) is 16.8 Å². The van der Waals surface area contributed by atoms with Crippen LogP contribution < -0.4 is 10.1 Å². The molecular weight excluding hydrogens is 266 g/mol. The van der Waals surface area contributed by atoms with Crippen LogP contribution in [0.5, 0.6) is 5.88 Å². The zero-order valence-electron chi connectivity index (χ0n) is 12.1. The molecule has 3 heterocycles. The van der Waals surface area contributed by atoms with E-state index in [1.54, 1.807) is 11.6 Å². The highest BCUT2D eigenvalue weighted by molar-refractivity contribution is 5.38. The summed E-state index contributed by atoms with van der Waals surface area (Å²) in [4.78, 5) is 8.56. The molecule has 0 aromatic carbocycles. The molecule has 0 bridgehead atoms. The SMILES string of the molecule is COc1ccc(CNCc2cnc3cc(C)nn3c2)cn1. The van der Waals surface area contributed by atoms with Crippen molar-refractivity contribution in [1.29, 1.82) is 0 Å². The summed E-state index contributed by atoms with van der Waals surface area (Å²) in [6.07, 6.45) is 5.68. The third kappa shape index (κ3) is 3.17. The molecule has 0 saturated carbocycles. The third-order valence-electron chi connectivity index (χ3n) is 3.15. The smallest absolute Gasteiger partial charge is 0.212 e. The number of nitrogens with one attached hydrogen (secondary N) is 1. The van der Waals surface area contributed by atoms with Crippen molar-refractivity contribution in [2.24, 2.45) is 0 Å². The minimum atomic E-state index is 0.627. The van der Waals surface area contributed by atoms with Gasteiger partial charge >= 0.3 is 0 Å². The number of ether oxygens (including phenoxy) is 1. The maximum absolute atomic E-state index is 5.04. The maximum atomic E-state index is 5.04. The number of hydrogen-bond acceptors (Lipinski definition) is 5. The van der Waals surface area contributed by atoms with E-state index < -0.39 is 0 Å². The molecule has 0 aliphatic heterocycles. The largest absolute Gasteiger partial charge is 0.481 e. The van der Waals surface area contributed by atoms with Crippen molar-refractivity contribution in [3.63, 3.8) is 0 Å². The zero-order valence-corrected chi connectivity index (χ0v) is 12.1. The Morgan fingerprint density at radius 1 is 1.14 bits per heavy atom. The van der Waals surface area contributed by atoms with Crippen LogP contribution in [0.25, 0.3) is 5.65 Å². The molecule has 0 atom stereocenters. The number of aromatic nitrogens is 4. The second-order valence-corrected chi connectivity index (χ2v) is 4.86. The van der Waals surface area contributed by atoms with Gasteiger partial charge < -0.3 is 10.1 Å². The molecule has 3 rings (SSSR count). The van der Waals surface area contributed by atoms with Gasteiger partial charge in [0.1, 0.15) is 0 Å². The molecule has 0 unspecified atom stereocenters. The summed E-state index contributed by atoms with van der Waals surface area (Å²) < 4.78 is 6.84. The van der Waals surface area contributed by atoms with Crippen molar-refractivity contribution in [3.05, 3.63) is 53.6 Å². The summed E-state index contributed by atoms with van der Waals surface area (Å²) in [5.41, 5.74) is 4.04. The molecule has 6 nitrogen and oxygen atoms in total. The minimum Gasteiger partial charge on any atom is -0.481 e. The second kappa shape index (κ2) is 5.88. The van der Waals surface area contributed by atoms with E-state index in [0.717, 1.165) is 35.6 Å². The van der Waals surface area contributed by atoms with Crippen molar-refractivity contribution in [2.75, 3.05) is 7.11 Å². The molecule has 0 amide bonds. The normalized spacial score (nSPS) is 11.0. The Morgan fingerprint density at radius 2 is 1.95 bits per heavy atom. The quantitative estimate of drug-likeness (QED) is 0.772.